The van der Waals surface area contributed by atoms with Crippen LogP contribution >= 0.6 is 11.8 Å². The molecule has 0 fully saturated rings. The monoisotopic (exact) mass is 129 g/mol. The first-order chi connectivity index (χ1) is 3.85. The maximum atomic E-state index is 8.04. The molecule has 3 nitrogen and oxygen atoms in total. The lowest BCUT2D eigenvalue weighted by molar-refractivity contribution is 1.26. The van der Waals surface area contributed by atoms with Crippen LogP contribution in [0.2, 0.25) is 0 Å². The molecule has 0 amide bonds. The number of nitrogens with one attached hydrogen (secondary N) is 1. The fourth-order valence-corrected chi connectivity index (χ4v) is 0.576. The summed E-state index contributed by atoms with van der Waals surface area (Å²) in [4.78, 5) is 3.74. The Balaban J connectivity index is 3.59. The first-order valence-corrected chi connectivity index (χ1v) is 3.23. The van der Waals surface area contributed by atoms with Gasteiger partial charge in [-0.05, 0) is 6.26 Å². The molecule has 1 N–H and O–H groups in total. The number of nitriles is 1. The van der Waals surface area contributed by atoms with E-state index in [1.54, 1.807) is 13.2 Å². The molecule has 44 valence electrons. The van der Waals surface area contributed by atoms with Crippen molar-refractivity contribution in [1.82, 2.24) is 5.32 Å². The van der Waals surface area contributed by atoms with Crippen molar-refractivity contribution in [2.45, 2.75) is 0 Å². The third-order valence-corrected chi connectivity index (χ3v) is 1.23. The Bertz CT molecular complexity index is 124. The molecule has 0 atom stereocenters. The van der Waals surface area contributed by atoms with Crippen LogP contribution in [-0.4, -0.2) is 18.5 Å². The molecule has 0 unspecified atom stereocenters. The van der Waals surface area contributed by atoms with Crippen LogP contribution in [0.1, 0.15) is 0 Å². The standard InChI is InChI=1S/C4H7N3S/c1-6-4(8-2)7-3-5/h1-2H3,(H,6,7). The predicted molar refractivity (Wildman–Crippen MR) is 35.6 cm³/mol. The first-order valence-electron chi connectivity index (χ1n) is 2.01. The fraction of sp³-hybridized carbons (Fsp3) is 0.500. The molecule has 0 aliphatic heterocycles. The molecule has 0 bridgehead atoms. The third kappa shape index (κ3) is 2.48. The summed E-state index contributed by atoms with van der Waals surface area (Å²) in [5.41, 5.74) is 0. The van der Waals surface area contributed by atoms with Crippen LogP contribution < -0.4 is 5.32 Å². The minimum atomic E-state index is 0.646. The van der Waals surface area contributed by atoms with Crippen molar-refractivity contribution < 1.29 is 0 Å². The lowest BCUT2D eigenvalue weighted by Gasteiger charge is -1.92. The van der Waals surface area contributed by atoms with Gasteiger partial charge in [-0.3, -0.25) is 10.3 Å². The summed E-state index contributed by atoms with van der Waals surface area (Å²) < 4.78 is 0. The van der Waals surface area contributed by atoms with Crippen LogP contribution in [-0.2, 0) is 0 Å². The van der Waals surface area contributed by atoms with Gasteiger partial charge in [0.2, 0.25) is 0 Å². The lowest BCUT2D eigenvalue weighted by atomic mass is 11.1. The van der Waals surface area contributed by atoms with Crippen molar-refractivity contribution in [2.24, 2.45) is 4.99 Å². The zero-order chi connectivity index (χ0) is 6.41. The van der Waals surface area contributed by atoms with Gasteiger partial charge in [-0.15, -0.1) is 0 Å². The van der Waals surface area contributed by atoms with Crippen LogP contribution in [0.5, 0.6) is 0 Å². The van der Waals surface area contributed by atoms with E-state index in [1.165, 1.54) is 11.8 Å². The Hall–Kier alpha value is -0.690. The smallest absolute Gasteiger partial charge is 0.183 e. The number of hydrogen-bond acceptors (Lipinski definition) is 3. The summed E-state index contributed by atoms with van der Waals surface area (Å²) in [6.45, 7) is 0. The second-order valence-electron chi connectivity index (χ2n) is 0.970. The quantitative estimate of drug-likeness (QED) is 0.223. The average molecular weight is 129 g/mol. The molecule has 0 heterocycles. The average Bonchev–Trinajstić information content (AvgIpc) is 1.83. The van der Waals surface area contributed by atoms with E-state index in [2.05, 4.69) is 10.3 Å². The Morgan fingerprint density at radius 2 is 2.50 bits per heavy atom. The molecule has 0 aromatic carbocycles. The highest BCUT2D eigenvalue weighted by Crippen LogP contribution is 1.90. The molecule has 0 spiro atoms. The van der Waals surface area contributed by atoms with Gasteiger partial charge in [-0.1, -0.05) is 11.8 Å². The van der Waals surface area contributed by atoms with Crippen LogP contribution in [0.25, 0.3) is 0 Å². The van der Waals surface area contributed by atoms with Gasteiger partial charge < -0.3 is 0 Å². The van der Waals surface area contributed by atoms with Crippen molar-refractivity contribution in [2.75, 3.05) is 13.3 Å². The van der Waals surface area contributed by atoms with Gasteiger partial charge in [0.25, 0.3) is 0 Å². The van der Waals surface area contributed by atoms with Crippen molar-refractivity contribution in [3.63, 3.8) is 0 Å². The fourth-order valence-electron chi connectivity index (χ4n) is 0.246. The molecule has 0 rings (SSSR count). The Labute approximate surface area is 52.8 Å². The summed E-state index contributed by atoms with van der Waals surface area (Å²) in [5.74, 6) is 0. The highest BCUT2D eigenvalue weighted by atomic mass is 32.2. The molecule has 0 aromatic heterocycles. The van der Waals surface area contributed by atoms with Gasteiger partial charge in [0.05, 0.1) is 0 Å². The summed E-state index contributed by atoms with van der Waals surface area (Å²) in [5, 5.41) is 11.1. The third-order valence-electron chi connectivity index (χ3n) is 0.559. The van der Waals surface area contributed by atoms with Gasteiger partial charge >= 0.3 is 0 Å². The summed E-state index contributed by atoms with van der Waals surface area (Å²) >= 11 is 1.41. The molecular weight excluding hydrogens is 122 g/mol. The number of nitrogens with zero attached hydrogens (tertiary/aromatic N) is 2. The van der Waals surface area contributed by atoms with E-state index >= 15 is 0 Å². The van der Waals surface area contributed by atoms with Crippen LogP contribution in [0.4, 0.5) is 0 Å². The van der Waals surface area contributed by atoms with Crippen LogP contribution in [0.3, 0.4) is 0 Å². The molecule has 8 heavy (non-hydrogen) atoms. The number of aliphatic imine (C=N–C) groups is 1. The maximum Gasteiger partial charge on any atom is 0.183 e. The maximum absolute atomic E-state index is 8.04. The Kier molecular flexibility index (Phi) is 4.08. The Morgan fingerprint density at radius 1 is 1.88 bits per heavy atom. The summed E-state index contributed by atoms with van der Waals surface area (Å²) in [7, 11) is 1.64. The number of amidine groups is 1. The van der Waals surface area contributed by atoms with Gasteiger partial charge in [0.15, 0.2) is 11.4 Å². The number of thioether (sulfide) groups is 1. The van der Waals surface area contributed by atoms with Crippen LogP contribution in [0, 0.1) is 11.5 Å². The second-order valence-corrected chi connectivity index (χ2v) is 1.76. The van der Waals surface area contributed by atoms with Crippen molar-refractivity contribution in [3.8, 4) is 6.19 Å². The number of hydrogen-bond donors (Lipinski definition) is 1. The number of rotatable bonds is 0. The summed E-state index contributed by atoms with van der Waals surface area (Å²) in [6.07, 6.45) is 3.62. The first kappa shape index (κ1) is 7.31. The SMILES string of the molecule is CN=C(NC#N)SC. The van der Waals surface area contributed by atoms with Gasteiger partial charge in [-0.2, -0.15) is 5.26 Å². The van der Waals surface area contributed by atoms with Crippen LogP contribution in [0.15, 0.2) is 4.99 Å². The molecule has 0 saturated heterocycles. The largest absolute Gasteiger partial charge is 0.272 e. The lowest BCUT2D eigenvalue weighted by Crippen LogP contribution is -2.12. The van der Waals surface area contributed by atoms with Crippen molar-refractivity contribution in [1.29, 1.82) is 5.26 Å². The van der Waals surface area contributed by atoms with Crippen molar-refractivity contribution >= 4 is 16.9 Å². The molecule has 0 aliphatic carbocycles. The zero-order valence-electron chi connectivity index (χ0n) is 4.80. The van der Waals surface area contributed by atoms with E-state index in [0.29, 0.717) is 5.17 Å². The van der Waals surface area contributed by atoms with Gasteiger partial charge in [0.1, 0.15) is 0 Å². The van der Waals surface area contributed by atoms with E-state index in [9.17, 15) is 0 Å². The molecule has 0 aromatic rings. The predicted octanol–water partition coefficient (Wildman–Crippen LogP) is 0.406. The van der Waals surface area contributed by atoms with Gasteiger partial charge in [-0.25, -0.2) is 0 Å². The van der Waals surface area contributed by atoms with E-state index in [-0.39, 0.29) is 0 Å². The minimum Gasteiger partial charge on any atom is -0.272 e. The molecule has 0 aliphatic rings. The summed E-state index contributed by atoms with van der Waals surface area (Å²) in [6, 6.07) is 0. The van der Waals surface area contributed by atoms with Gasteiger partial charge in [0, 0.05) is 7.05 Å². The van der Waals surface area contributed by atoms with Crippen molar-refractivity contribution in [3.05, 3.63) is 0 Å². The van der Waals surface area contributed by atoms with E-state index in [0.717, 1.165) is 0 Å². The minimum absolute atomic E-state index is 0.646. The van der Waals surface area contributed by atoms with E-state index in [1.807, 2.05) is 6.26 Å². The van der Waals surface area contributed by atoms with E-state index in [4.69, 9.17) is 5.26 Å². The topological polar surface area (TPSA) is 48.2 Å². The molecule has 0 saturated carbocycles. The molecule has 4 heteroatoms. The second kappa shape index (κ2) is 4.47. The highest BCUT2D eigenvalue weighted by Gasteiger charge is 1.87. The molecular formula is C4H7N3S. The zero-order valence-corrected chi connectivity index (χ0v) is 5.62. The normalized spacial score (nSPS) is 10.4. The Morgan fingerprint density at radius 3 is 2.62 bits per heavy atom. The highest BCUT2D eigenvalue weighted by molar-refractivity contribution is 8.13. The van der Waals surface area contributed by atoms with E-state index < -0.39 is 0 Å². The molecule has 0 radical (unpaired) electrons.